The molecular weight excluding hydrogens is 326 g/mol. The van der Waals surface area contributed by atoms with E-state index in [1.54, 1.807) is 6.21 Å². The maximum atomic E-state index is 7.96. The Bertz CT molecular complexity index is 1100. The van der Waals surface area contributed by atoms with Crippen LogP contribution in [-0.4, -0.2) is 27.4 Å². The maximum absolute atomic E-state index is 7.96. The van der Waals surface area contributed by atoms with E-state index in [2.05, 4.69) is 37.1 Å². The second kappa shape index (κ2) is 6.72. The lowest BCUT2D eigenvalue weighted by Gasteiger charge is -2.06. The number of fused-ring (bicyclic) bond motifs is 2. The molecule has 0 unspecified atom stereocenters. The van der Waals surface area contributed by atoms with Crippen LogP contribution in [-0.2, 0) is 6.54 Å². The molecule has 4 aromatic rings. The van der Waals surface area contributed by atoms with E-state index in [-0.39, 0.29) is 5.96 Å². The highest BCUT2D eigenvalue weighted by Crippen LogP contribution is 2.18. The lowest BCUT2D eigenvalue weighted by atomic mass is 10.1. The molecule has 0 amide bonds. The van der Waals surface area contributed by atoms with Crippen LogP contribution >= 0.6 is 0 Å². The molecule has 0 bridgehead atoms. The molecule has 0 aliphatic carbocycles. The number of hydrogen-bond acceptors (Lipinski definition) is 3. The van der Waals surface area contributed by atoms with Gasteiger partial charge in [-0.1, -0.05) is 30.3 Å². The molecule has 0 aliphatic heterocycles. The first-order chi connectivity index (χ1) is 12.7. The summed E-state index contributed by atoms with van der Waals surface area (Å²) in [4.78, 5) is 3.22. The van der Waals surface area contributed by atoms with Crippen LogP contribution in [0.3, 0.4) is 0 Å². The summed E-state index contributed by atoms with van der Waals surface area (Å²) >= 11 is 0. The van der Waals surface area contributed by atoms with Gasteiger partial charge in [0.1, 0.15) is 5.69 Å². The number of aromatic amines is 2. The van der Waals surface area contributed by atoms with Gasteiger partial charge in [0.05, 0.1) is 11.7 Å². The van der Waals surface area contributed by atoms with Crippen LogP contribution in [0.4, 0.5) is 0 Å². The fourth-order valence-corrected chi connectivity index (χ4v) is 3.03. The number of benzene rings is 2. The maximum Gasteiger partial charge on any atom is 0.209 e. The summed E-state index contributed by atoms with van der Waals surface area (Å²) in [6.07, 6.45) is 3.57. The van der Waals surface area contributed by atoms with Crippen LogP contribution in [0.15, 0.2) is 53.8 Å². The normalized spacial score (nSPS) is 11.4. The van der Waals surface area contributed by atoms with E-state index in [1.165, 1.54) is 0 Å². The number of para-hydroxylation sites is 1. The second-order valence-corrected chi connectivity index (χ2v) is 6.06. The highest BCUT2D eigenvalue weighted by molar-refractivity contribution is 5.98. The molecule has 2 aromatic carbocycles. The van der Waals surface area contributed by atoms with E-state index in [9.17, 15) is 0 Å². The van der Waals surface area contributed by atoms with Crippen molar-refractivity contribution >= 4 is 34.0 Å². The van der Waals surface area contributed by atoms with Crippen LogP contribution in [0, 0.1) is 12.3 Å². The Morgan fingerprint density at radius 2 is 2.04 bits per heavy atom. The predicted molar refractivity (Wildman–Crippen MR) is 104 cm³/mol. The minimum atomic E-state index is 0.128. The van der Waals surface area contributed by atoms with E-state index in [0.717, 1.165) is 38.6 Å². The van der Waals surface area contributed by atoms with Gasteiger partial charge in [-0.25, -0.2) is 5.43 Å². The van der Waals surface area contributed by atoms with Crippen LogP contribution in [0.2, 0.25) is 0 Å². The molecule has 0 saturated heterocycles. The highest BCUT2D eigenvalue weighted by Gasteiger charge is 2.06. The average Bonchev–Trinajstić information content (AvgIpc) is 3.25. The van der Waals surface area contributed by atoms with Crippen molar-refractivity contribution in [1.29, 1.82) is 5.41 Å². The molecule has 5 N–H and O–H groups in total. The first kappa shape index (κ1) is 15.9. The van der Waals surface area contributed by atoms with Gasteiger partial charge in [-0.2, -0.15) is 10.2 Å². The molecule has 0 radical (unpaired) electrons. The summed E-state index contributed by atoms with van der Waals surface area (Å²) < 4.78 is 0. The first-order valence-corrected chi connectivity index (χ1v) is 8.32. The summed E-state index contributed by atoms with van der Waals surface area (Å²) in [6.45, 7) is 2.57. The van der Waals surface area contributed by atoms with Crippen LogP contribution in [0.1, 0.15) is 16.8 Å². The second-order valence-electron chi connectivity index (χ2n) is 6.06. The lowest BCUT2D eigenvalue weighted by molar-refractivity contribution is 0.841. The Balaban J connectivity index is 1.38. The van der Waals surface area contributed by atoms with Crippen molar-refractivity contribution in [2.24, 2.45) is 5.10 Å². The van der Waals surface area contributed by atoms with Gasteiger partial charge in [-0.05, 0) is 30.2 Å². The van der Waals surface area contributed by atoms with Crippen molar-refractivity contribution in [2.75, 3.05) is 0 Å². The number of hydrazone groups is 1. The predicted octanol–water partition coefficient (Wildman–Crippen LogP) is 3.00. The Labute approximate surface area is 150 Å². The zero-order valence-electron chi connectivity index (χ0n) is 14.3. The van der Waals surface area contributed by atoms with E-state index < -0.39 is 0 Å². The van der Waals surface area contributed by atoms with E-state index >= 15 is 0 Å². The SMILES string of the molecule is Cc1cccc2[nH]nc(C=NNC(=N)NCc3c[nH]c4ccccc34)c12. The van der Waals surface area contributed by atoms with Crippen LogP contribution < -0.4 is 10.7 Å². The Hall–Kier alpha value is -3.61. The van der Waals surface area contributed by atoms with E-state index in [1.807, 2.05) is 49.5 Å². The number of guanidine groups is 1. The number of nitrogens with one attached hydrogen (secondary N) is 5. The largest absolute Gasteiger partial charge is 0.361 e. The van der Waals surface area contributed by atoms with Gasteiger partial charge in [0.2, 0.25) is 5.96 Å². The quantitative estimate of drug-likeness (QED) is 0.223. The van der Waals surface area contributed by atoms with Gasteiger partial charge in [-0.15, -0.1) is 0 Å². The van der Waals surface area contributed by atoms with Gasteiger partial charge in [0.25, 0.3) is 0 Å². The summed E-state index contributed by atoms with van der Waals surface area (Å²) in [5, 5.41) is 24.5. The summed E-state index contributed by atoms with van der Waals surface area (Å²) in [5.41, 5.74) is 7.73. The monoisotopic (exact) mass is 345 g/mol. The molecule has 0 spiro atoms. The number of aryl methyl sites for hydroxylation is 1. The summed E-state index contributed by atoms with van der Waals surface area (Å²) in [7, 11) is 0. The fourth-order valence-electron chi connectivity index (χ4n) is 3.03. The van der Waals surface area contributed by atoms with Crippen molar-refractivity contribution in [1.82, 2.24) is 25.9 Å². The molecule has 7 heteroatoms. The Morgan fingerprint density at radius 1 is 1.19 bits per heavy atom. The molecule has 7 nitrogen and oxygen atoms in total. The molecule has 2 heterocycles. The summed E-state index contributed by atoms with van der Waals surface area (Å²) in [5.74, 6) is 0.128. The smallest absolute Gasteiger partial charge is 0.209 e. The van der Waals surface area contributed by atoms with Gasteiger partial charge in [-0.3, -0.25) is 10.5 Å². The van der Waals surface area contributed by atoms with Crippen LogP contribution in [0.5, 0.6) is 0 Å². The van der Waals surface area contributed by atoms with Gasteiger partial charge >= 0.3 is 0 Å². The first-order valence-electron chi connectivity index (χ1n) is 8.32. The van der Waals surface area contributed by atoms with Crippen molar-refractivity contribution < 1.29 is 0 Å². The molecule has 0 fully saturated rings. The minimum absolute atomic E-state index is 0.128. The number of rotatable bonds is 4. The molecule has 26 heavy (non-hydrogen) atoms. The molecule has 4 rings (SSSR count). The minimum Gasteiger partial charge on any atom is -0.361 e. The third kappa shape index (κ3) is 3.02. The topological polar surface area (TPSA) is 105 Å². The van der Waals surface area contributed by atoms with E-state index in [4.69, 9.17) is 5.41 Å². The molecular formula is C19H19N7. The number of aromatic nitrogens is 3. The molecule has 130 valence electrons. The number of hydrogen-bond donors (Lipinski definition) is 5. The van der Waals surface area contributed by atoms with Crippen molar-refractivity contribution in [3.05, 3.63) is 65.5 Å². The molecule has 0 saturated carbocycles. The van der Waals surface area contributed by atoms with Crippen molar-refractivity contribution in [3.63, 3.8) is 0 Å². The molecule has 0 atom stereocenters. The zero-order chi connectivity index (χ0) is 17.9. The van der Waals surface area contributed by atoms with Crippen molar-refractivity contribution in [3.8, 4) is 0 Å². The number of H-pyrrole nitrogens is 2. The third-order valence-electron chi connectivity index (χ3n) is 4.32. The van der Waals surface area contributed by atoms with Gasteiger partial charge in [0.15, 0.2) is 0 Å². The fraction of sp³-hybridized carbons (Fsp3) is 0.105. The Kier molecular flexibility index (Phi) is 4.10. The van der Waals surface area contributed by atoms with Crippen molar-refractivity contribution in [2.45, 2.75) is 13.5 Å². The van der Waals surface area contributed by atoms with Crippen LogP contribution in [0.25, 0.3) is 21.8 Å². The van der Waals surface area contributed by atoms with E-state index in [0.29, 0.717) is 6.54 Å². The zero-order valence-corrected chi connectivity index (χ0v) is 14.3. The van der Waals surface area contributed by atoms with Gasteiger partial charge in [0, 0.05) is 29.0 Å². The Morgan fingerprint density at radius 3 is 2.96 bits per heavy atom. The summed E-state index contributed by atoms with van der Waals surface area (Å²) in [6, 6.07) is 14.1. The lowest BCUT2D eigenvalue weighted by Crippen LogP contribution is -2.32. The average molecular weight is 345 g/mol. The standard InChI is InChI=1S/C19H19N7/c1-12-5-4-8-16-18(12)17(25-24-16)11-23-26-19(20)22-10-13-9-21-15-7-3-2-6-14(13)15/h2-9,11,21H,10H2,1H3,(H,24,25)(H3,20,22,26). The molecule has 0 aliphatic rings. The highest BCUT2D eigenvalue weighted by atomic mass is 15.4. The molecule has 2 aromatic heterocycles. The third-order valence-corrected chi connectivity index (χ3v) is 4.32. The number of nitrogens with zero attached hydrogens (tertiary/aromatic N) is 2. The van der Waals surface area contributed by atoms with Gasteiger partial charge < -0.3 is 10.3 Å².